The van der Waals surface area contributed by atoms with Gasteiger partial charge in [0.1, 0.15) is 0 Å². The molecule has 4 N–H and O–H groups in total. The van der Waals surface area contributed by atoms with Crippen LogP contribution < -0.4 is 16.4 Å². The van der Waals surface area contributed by atoms with Crippen LogP contribution >= 0.6 is 0 Å². The summed E-state index contributed by atoms with van der Waals surface area (Å²) in [6.07, 6.45) is 0.933. The Kier molecular flexibility index (Phi) is 6.11. The topological polar surface area (TPSA) is 62.4 Å². The molecule has 0 fully saturated rings. The molecular weight excluding hydrogens is 128 g/mol. The van der Waals surface area contributed by atoms with Crippen LogP contribution in [0.4, 0.5) is 0 Å². The summed E-state index contributed by atoms with van der Waals surface area (Å²) in [5.74, 6) is 1.00. The summed E-state index contributed by atoms with van der Waals surface area (Å²) in [5.41, 5.74) is 5.21. The minimum Gasteiger partial charge on any atom is -0.361 e. The van der Waals surface area contributed by atoms with Gasteiger partial charge in [0.15, 0.2) is 0 Å². The van der Waals surface area contributed by atoms with Crippen LogP contribution in [0.15, 0.2) is 4.99 Å². The SMILES string of the molecule is CCC(=NC)NCNCN. The van der Waals surface area contributed by atoms with Crippen molar-refractivity contribution in [3.63, 3.8) is 0 Å². The quantitative estimate of drug-likeness (QED) is 0.215. The molecule has 0 aliphatic carbocycles. The second-order valence-corrected chi connectivity index (χ2v) is 1.83. The van der Waals surface area contributed by atoms with Gasteiger partial charge < -0.3 is 11.1 Å². The number of amidine groups is 1. The van der Waals surface area contributed by atoms with Gasteiger partial charge in [0, 0.05) is 20.1 Å². The molecule has 10 heavy (non-hydrogen) atoms. The lowest BCUT2D eigenvalue weighted by Crippen LogP contribution is -2.36. The molecule has 0 aliphatic rings. The molecule has 0 aromatic heterocycles. The third-order valence-electron chi connectivity index (χ3n) is 1.17. The van der Waals surface area contributed by atoms with E-state index in [1.165, 1.54) is 0 Å². The fraction of sp³-hybridized carbons (Fsp3) is 0.833. The van der Waals surface area contributed by atoms with Gasteiger partial charge in [-0.2, -0.15) is 0 Å². The summed E-state index contributed by atoms with van der Waals surface area (Å²) in [7, 11) is 1.77. The molecule has 4 nitrogen and oxygen atoms in total. The van der Waals surface area contributed by atoms with E-state index in [9.17, 15) is 0 Å². The molecule has 0 spiro atoms. The highest BCUT2D eigenvalue weighted by molar-refractivity contribution is 5.81. The Morgan fingerprint density at radius 1 is 1.60 bits per heavy atom. The molecule has 0 saturated heterocycles. The first kappa shape index (κ1) is 9.39. The Morgan fingerprint density at radius 2 is 2.30 bits per heavy atom. The molecule has 0 amide bonds. The van der Waals surface area contributed by atoms with Gasteiger partial charge in [0.2, 0.25) is 0 Å². The largest absolute Gasteiger partial charge is 0.361 e. The van der Waals surface area contributed by atoms with E-state index in [0.29, 0.717) is 13.3 Å². The first-order valence-electron chi connectivity index (χ1n) is 3.45. The molecule has 0 aliphatic heterocycles. The molecule has 0 aromatic rings. The summed E-state index contributed by atoms with van der Waals surface area (Å²) in [5, 5.41) is 6.01. The molecule has 0 unspecified atom stereocenters. The van der Waals surface area contributed by atoms with Crippen LogP contribution in [0.3, 0.4) is 0 Å². The molecule has 0 atom stereocenters. The van der Waals surface area contributed by atoms with Crippen molar-refractivity contribution in [1.82, 2.24) is 10.6 Å². The van der Waals surface area contributed by atoms with E-state index in [1.54, 1.807) is 7.05 Å². The molecule has 4 heteroatoms. The summed E-state index contributed by atoms with van der Waals surface area (Å²) < 4.78 is 0. The number of hydrogen-bond acceptors (Lipinski definition) is 3. The lowest BCUT2D eigenvalue weighted by molar-refractivity contribution is 0.674. The maximum absolute atomic E-state index is 5.21. The summed E-state index contributed by atoms with van der Waals surface area (Å²) in [6.45, 7) is 3.24. The predicted octanol–water partition coefficient (Wildman–Crippen LogP) is -0.522. The van der Waals surface area contributed by atoms with Gasteiger partial charge in [-0.05, 0) is 0 Å². The Morgan fingerprint density at radius 3 is 2.70 bits per heavy atom. The smallest absolute Gasteiger partial charge is 0.0966 e. The normalized spacial score (nSPS) is 11.7. The van der Waals surface area contributed by atoms with Crippen molar-refractivity contribution < 1.29 is 0 Å². The lowest BCUT2D eigenvalue weighted by Gasteiger charge is -2.06. The van der Waals surface area contributed by atoms with E-state index in [2.05, 4.69) is 22.5 Å². The van der Waals surface area contributed by atoms with E-state index in [0.717, 1.165) is 12.3 Å². The molecule has 0 radical (unpaired) electrons. The maximum Gasteiger partial charge on any atom is 0.0966 e. The van der Waals surface area contributed by atoms with Gasteiger partial charge in [0.05, 0.1) is 12.5 Å². The number of nitrogens with zero attached hydrogens (tertiary/aromatic N) is 1. The van der Waals surface area contributed by atoms with Crippen molar-refractivity contribution in [2.75, 3.05) is 20.4 Å². The van der Waals surface area contributed by atoms with Gasteiger partial charge in [-0.25, -0.2) is 0 Å². The number of rotatable bonds is 4. The Balaban J connectivity index is 3.27. The molecule has 0 aromatic carbocycles. The van der Waals surface area contributed by atoms with E-state index >= 15 is 0 Å². The van der Waals surface area contributed by atoms with Crippen molar-refractivity contribution in [3.05, 3.63) is 0 Å². The Bertz CT molecular complexity index is 99.9. The Hall–Kier alpha value is -0.610. The minimum atomic E-state index is 0.494. The summed E-state index contributed by atoms with van der Waals surface area (Å²) in [6, 6.07) is 0. The van der Waals surface area contributed by atoms with Crippen LogP contribution in [-0.2, 0) is 0 Å². The Labute approximate surface area is 61.9 Å². The zero-order valence-corrected chi connectivity index (χ0v) is 6.65. The number of hydrogen-bond donors (Lipinski definition) is 3. The average molecular weight is 144 g/mol. The van der Waals surface area contributed by atoms with Crippen LogP contribution in [0.2, 0.25) is 0 Å². The van der Waals surface area contributed by atoms with Crippen molar-refractivity contribution in [2.24, 2.45) is 10.7 Å². The number of nitrogens with one attached hydrogen (secondary N) is 2. The van der Waals surface area contributed by atoms with E-state index < -0.39 is 0 Å². The van der Waals surface area contributed by atoms with Gasteiger partial charge in [-0.3, -0.25) is 10.3 Å². The van der Waals surface area contributed by atoms with Crippen LogP contribution in [0, 0.1) is 0 Å². The van der Waals surface area contributed by atoms with Gasteiger partial charge >= 0.3 is 0 Å². The van der Waals surface area contributed by atoms with E-state index in [1.807, 2.05) is 0 Å². The molecule has 0 bridgehead atoms. The zero-order chi connectivity index (χ0) is 7.82. The number of aliphatic imine (C=N–C) groups is 1. The highest BCUT2D eigenvalue weighted by Crippen LogP contribution is 1.76. The summed E-state index contributed by atoms with van der Waals surface area (Å²) >= 11 is 0. The highest BCUT2D eigenvalue weighted by atomic mass is 15.1. The molecule has 60 valence electrons. The maximum atomic E-state index is 5.21. The van der Waals surface area contributed by atoms with Crippen molar-refractivity contribution >= 4 is 5.84 Å². The fourth-order valence-electron chi connectivity index (χ4n) is 0.599. The van der Waals surface area contributed by atoms with Crippen molar-refractivity contribution in [3.8, 4) is 0 Å². The minimum absolute atomic E-state index is 0.494. The van der Waals surface area contributed by atoms with Crippen molar-refractivity contribution in [1.29, 1.82) is 0 Å². The third kappa shape index (κ3) is 4.29. The van der Waals surface area contributed by atoms with E-state index in [-0.39, 0.29) is 0 Å². The van der Waals surface area contributed by atoms with Crippen molar-refractivity contribution in [2.45, 2.75) is 13.3 Å². The second kappa shape index (κ2) is 6.51. The molecular formula is C6H16N4. The highest BCUT2D eigenvalue weighted by Gasteiger charge is 1.89. The van der Waals surface area contributed by atoms with Crippen LogP contribution in [0.1, 0.15) is 13.3 Å². The van der Waals surface area contributed by atoms with Crippen LogP contribution in [0.25, 0.3) is 0 Å². The molecule has 0 saturated carbocycles. The molecule has 0 heterocycles. The predicted molar refractivity (Wildman–Crippen MR) is 43.8 cm³/mol. The second-order valence-electron chi connectivity index (χ2n) is 1.83. The average Bonchev–Trinajstić information content (AvgIpc) is 1.99. The third-order valence-corrected chi connectivity index (χ3v) is 1.17. The monoisotopic (exact) mass is 144 g/mol. The summed E-state index contributed by atoms with van der Waals surface area (Å²) in [4.78, 5) is 4.00. The first-order valence-corrected chi connectivity index (χ1v) is 3.45. The van der Waals surface area contributed by atoms with E-state index in [4.69, 9.17) is 5.73 Å². The number of nitrogens with two attached hydrogens (primary N) is 1. The standard InChI is InChI=1S/C6H16N4/c1-3-6(8-2)10-5-9-4-7/h9H,3-5,7H2,1-2H3,(H,8,10). The zero-order valence-electron chi connectivity index (χ0n) is 6.65. The first-order chi connectivity index (χ1) is 4.85. The van der Waals surface area contributed by atoms with Crippen LogP contribution in [0.5, 0.6) is 0 Å². The van der Waals surface area contributed by atoms with Gasteiger partial charge in [-0.1, -0.05) is 6.92 Å². The lowest BCUT2D eigenvalue weighted by atomic mass is 10.4. The van der Waals surface area contributed by atoms with Gasteiger partial charge in [-0.15, -0.1) is 0 Å². The fourth-order valence-corrected chi connectivity index (χ4v) is 0.599. The molecule has 0 rings (SSSR count). The van der Waals surface area contributed by atoms with Gasteiger partial charge in [0.25, 0.3) is 0 Å². The van der Waals surface area contributed by atoms with Crippen LogP contribution in [-0.4, -0.2) is 26.2 Å².